The summed E-state index contributed by atoms with van der Waals surface area (Å²) < 4.78 is 16.0. The highest BCUT2D eigenvalue weighted by Gasteiger charge is 2.16. The number of nitrogens with one attached hydrogen (secondary N) is 2. The Bertz CT molecular complexity index is 894. The van der Waals surface area contributed by atoms with Gasteiger partial charge in [0.15, 0.2) is 11.5 Å². The Labute approximate surface area is 168 Å². The van der Waals surface area contributed by atoms with E-state index in [1.54, 1.807) is 18.2 Å². The molecule has 3 rings (SSSR count). The highest BCUT2D eigenvalue weighted by Crippen LogP contribution is 2.32. The topological polar surface area (TPSA) is 98.2 Å². The molecule has 0 saturated carbocycles. The maximum atomic E-state index is 12.1. The second-order valence-corrected chi connectivity index (χ2v) is 6.82. The van der Waals surface area contributed by atoms with Crippen LogP contribution < -0.4 is 25.0 Å². The van der Waals surface area contributed by atoms with Gasteiger partial charge in [-0.1, -0.05) is 13.8 Å². The van der Waals surface area contributed by atoms with Gasteiger partial charge >= 0.3 is 0 Å². The Hall–Kier alpha value is -3.55. The van der Waals surface area contributed by atoms with E-state index in [0.717, 1.165) is 11.3 Å². The smallest absolute Gasteiger partial charge is 0.259 e. The molecule has 0 fully saturated rings. The summed E-state index contributed by atoms with van der Waals surface area (Å²) in [7, 11) is 0. The maximum Gasteiger partial charge on any atom is 0.259 e. The van der Waals surface area contributed by atoms with Crippen molar-refractivity contribution in [2.75, 3.05) is 19.9 Å². The van der Waals surface area contributed by atoms with Crippen molar-refractivity contribution in [2.24, 2.45) is 11.0 Å². The highest BCUT2D eigenvalue weighted by atomic mass is 16.7. The van der Waals surface area contributed by atoms with Crippen molar-refractivity contribution in [1.82, 2.24) is 10.7 Å². The normalized spacial score (nSPS) is 12.2. The SMILES string of the molecule is CC(C)COc1ccc(/C=N\NC(=O)CNC(=O)c2ccc3c(c2)OCO3)cc1. The van der Waals surface area contributed by atoms with E-state index >= 15 is 0 Å². The fourth-order valence-electron chi connectivity index (χ4n) is 2.43. The maximum absolute atomic E-state index is 12.1. The first-order valence-corrected chi connectivity index (χ1v) is 9.24. The zero-order valence-electron chi connectivity index (χ0n) is 16.3. The predicted octanol–water partition coefficient (Wildman–Crippen LogP) is 2.33. The highest BCUT2D eigenvalue weighted by molar-refractivity contribution is 5.97. The molecule has 0 bridgehead atoms. The lowest BCUT2D eigenvalue weighted by molar-refractivity contribution is -0.120. The van der Waals surface area contributed by atoms with Crippen LogP contribution in [0.5, 0.6) is 17.2 Å². The number of hydrazone groups is 1. The number of amides is 2. The van der Waals surface area contributed by atoms with E-state index in [1.165, 1.54) is 6.21 Å². The van der Waals surface area contributed by atoms with Gasteiger partial charge in [-0.2, -0.15) is 5.10 Å². The molecule has 152 valence electrons. The molecule has 0 unspecified atom stereocenters. The van der Waals surface area contributed by atoms with Gasteiger partial charge in [0.05, 0.1) is 19.4 Å². The molecule has 8 heteroatoms. The third-order valence-corrected chi connectivity index (χ3v) is 3.91. The molecule has 29 heavy (non-hydrogen) atoms. The van der Waals surface area contributed by atoms with Crippen molar-refractivity contribution in [3.63, 3.8) is 0 Å². The Morgan fingerprint density at radius 3 is 2.66 bits per heavy atom. The van der Waals surface area contributed by atoms with Crippen LogP contribution >= 0.6 is 0 Å². The van der Waals surface area contributed by atoms with Crippen LogP contribution in [0.25, 0.3) is 0 Å². The van der Waals surface area contributed by atoms with E-state index in [1.807, 2.05) is 24.3 Å². The molecule has 0 aliphatic carbocycles. The van der Waals surface area contributed by atoms with Gasteiger partial charge in [0.1, 0.15) is 5.75 Å². The second-order valence-electron chi connectivity index (χ2n) is 6.82. The van der Waals surface area contributed by atoms with Gasteiger partial charge in [-0.25, -0.2) is 5.43 Å². The van der Waals surface area contributed by atoms with Crippen molar-refractivity contribution in [3.8, 4) is 17.2 Å². The van der Waals surface area contributed by atoms with Crippen LogP contribution in [0.15, 0.2) is 47.6 Å². The van der Waals surface area contributed by atoms with Gasteiger partial charge < -0.3 is 19.5 Å². The van der Waals surface area contributed by atoms with E-state index < -0.39 is 5.91 Å². The zero-order valence-corrected chi connectivity index (χ0v) is 16.3. The van der Waals surface area contributed by atoms with Crippen LogP contribution in [0.1, 0.15) is 29.8 Å². The lowest BCUT2D eigenvalue weighted by atomic mass is 10.2. The minimum Gasteiger partial charge on any atom is -0.493 e. The molecule has 2 amide bonds. The number of fused-ring (bicyclic) bond motifs is 1. The molecule has 2 N–H and O–H groups in total. The average molecular weight is 397 g/mol. The molecular formula is C21H23N3O5. The molecule has 8 nitrogen and oxygen atoms in total. The van der Waals surface area contributed by atoms with Crippen molar-refractivity contribution < 1.29 is 23.8 Å². The van der Waals surface area contributed by atoms with E-state index in [2.05, 4.69) is 29.7 Å². The summed E-state index contributed by atoms with van der Waals surface area (Å²) >= 11 is 0. The number of benzene rings is 2. The van der Waals surface area contributed by atoms with Gasteiger partial charge in [-0.3, -0.25) is 9.59 Å². The molecule has 0 atom stereocenters. The van der Waals surface area contributed by atoms with Gasteiger partial charge in [0, 0.05) is 5.56 Å². The van der Waals surface area contributed by atoms with Crippen LogP contribution in [0, 0.1) is 5.92 Å². The van der Waals surface area contributed by atoms with Crippen LogP contribution in [0.3, 0.4) is 0 Å². The predicted molar refractivity (Wildman–Crippen MR) is 107 cm³/mol. The van der Waals surface area contributed by atoms with Crippen LogP contribution in [0.2, 0.25) is 0 Å². The van der Waals surface area contributed by atoms with Crippen molar-refractivity contribution >= 4 is 18.0 Å². The van der Waals surface area contributed by atoms with Crippen molar-refractivity contribution in [3.05, 3.63) is 53.6 Å². The monoisotopic (exact) mass is 397 g/mol. The van der Waals surface area contributed by atoms with Gasteiger partial charge in [0.2, 0.25) is 6.79 Å². The van der Waals surface area contributed by atoms with E-state index in [9.17, 15) is 9.59 Å². The standard InChI is InChI=1S/C21H23N3O5/c1-14(2)12-27-17-6-3-15(4-7-17)10-23-24-20(25)11-22-21(26)16-5-8-18-19(9-16)29-13-28-18/h3-10,14H,11-13H2,1-2H3,(H,22,26)(H,24,25)/b23-10-. The van der Waals surface area contributed by atoms with Gasteiger partial charge in [-0.05, 0) is 53.9 Å². The summed E-state index contributed by atoms with van der Waals surface area (Å²) in [5, 5.41) is 6.42. The molecule has 0 saturated heterocycles. The number of carbonyl (C=O) groups is 2. The Morgan fingerprint density at radius 2 is 1.90 bits per heavy atom. The number of rotatable bonds is 8. The molecule has 0 aromatic heterocycles. The first-order valence-electron chi connectivity index (χ1n) is 9.24. The molecule has 1 aliphatic rings. The number of ether oxygens (including phenoxy) is 3. The largest absolute Gasteiger partial charge is 0.493 e. The number of carbonyl (C=O) groups excluding carboxylic acids is 2. The molecule has 1 aliphatic heterocycles. The minimum atomic E-state index is -0.438. The van der Waals surface area contributed by atoms with Crippen molar-refractivity contribution in [1.29, 1.82) is 0 Å². The zero-order chi connectivity index (χ0) is 20.6. The van der Waals surface area contributed by atoms with Crippen LogP contribution in [-0.2, 0) is 4.79 Å². The van der Waals surface area contributed by atoms with Crippen molar-refractivity contribution in [2.45, 2.75) is 13.8 Å². The molecule has 1 heterocycles. The third kappa shape index (κ3) is 5.97. The summed E-state index contributed by atoms with van der Waals surface area (Å²) in [5.74, 6) is 1.51. The fraction of sp³-hybridized carbons (Fsp3) is 0.286. The lowest BCUT2D eigenvalue weighted by Gasteiger charge is -2.08. The third-order valence-electron chi connectivity index (χ3n) is 3.91. The van der Waals surface area contributed by atoms with Gasteiger partial charge in [0.25, 0.3) is 11.8 Å². The number of hydrogen-bond acceptors (Lipinski definition) is 6. The first kappa shape index (κ1) is 20.2. The minimum absolute atomic E-state index is 0.133. The van der Waals surface area contributed by atoms with Crippen LogP contribution in [-0.4, -0.2) is 38.0 Å². The Morgan fingerprint density at radius 1 is 1.14 bits per heavy atom. The second kappa shape index (κ2) is 9.59. The van der Waals surface area contributed by atoms with Crippen LogP contribution in [0.4, 0.5) is 0 Å². The fourth-order valence-corrected chi connectivity index (χ4v) is 2.43. The Balaban J connectivity index is 1.42. The molecular weight excluding hydrogens is 374 g/mol. The summed E-state index contributed by atoms with van der Waals surface area (Å²) in [6, 6.07) is 12.2. The summed E-state index contributed by atoms with van der Waals surface area (Å²) in [6.07, 6.45) is 1.52. The summed E-state index contributed by atoms with van der Waals surface area (Å²) in [4.78, 5) is 24.0. The van der Waals surface area contributed by atoms with Gasteiger partial charge in [-0.15, -0.1) is 0 Å². The van der Waals surface area contributed by atoms with E-state index in [4.69, 9.17) is 14.2 Å². The quantitative estimate of drug-likeness (QED) is 0.526. The molecule has 0 radical (unpaired) electrons. The summed E-state index contributed by atoms with van der Waals surface area (Å²) in [6.45, 7) is 4.76. The molecule has 2 aromatic rings. The first-order chi connectivity index (χ1) is 14.0. The molecule has 0 spiro atoms. The molecule has 2 aromatic carbocycles. The lowest BCUT2D eigenvalue weighted by Crippen LogP contribution is -2.34. The number of nitrogens with zero attached hydrogens (tertiary/aromatic N) is 1. The Kier molecular flexibility index (Phi) is 6.67. The number of hydrogen-bond donors (Lipinski definition) is 2. The van der Waals surface area contributed by atoms with E-state index in [-0.39, 0.29) is 19.2 Å². The summed E-state index contributed by atoms with van der Waals surface area (Å²) in [5.41, 5.74) is 3.57. The van der Waals surface area contributed by atoms with E-state index in [0.29, 0.717) is 29.6 Å². The average Bonchev–Trinajstić information content (AvgIpc) is 3.19.